The van der Waals surface area contributed by atoms with Gasteiger partial charge in [-0.15, -0.1) is 0 Å². The molecule has 0 bridgehead atoms. The molecule has 0 aromatic heterocycles. The standard InChI is InChI=1S/C14H20FNO/c1-14(16,12-6-8-17-9-7-12)10-11-4-2-3-5-13(11)15/h2-5,12H,6-10,16H2,1H3. The fourth-order valence-corrected chi connectivity index (χ4v) is 2.55. The smallest absolute Gasteiger partial charge is 0.126 e. The highest BCUT2D eigenvalue weighted by atomic mass is 19.1. The van der Waals surface area contributed by atoms with Gasteiger partial charge >= 0.3 is 0 Å². The predicted molar refractivity (Wildman–Crippen MR) is 66.2 cm³/mol. The second-order valence-electron chi connectivity index (χ2n) is 5.16. The van der Waals surface area contributed by atoms with Gasteiger partial charge in [0.2, 0.25) is 0 Å². The van der Waals surface area contributed by atoms with Crippen LogP contribution >= 0.6 is 0 Å². The molecule has 17 heavy (non-hydrogen) atoms. The quantitative estimate of drug-likeness (QED) is 0.876. The number of halogens is 1. The minimum absolute atomic E-state index is 0.156. The summed E-state index contributed by atoms with van der Waals surface area (Å²) in [5.74, 6) is 0.257. The summed E-state index contributed by atoms with van der Waals surface area (Å²) in [5.41, 5.74) is 6.73. The summed E-state index contributed by atoms with van der Waals surface area (Å²) >= 11 is 0. The molecule has 1 aliphatic heterocycles. The monoisotopic (exact) mass is 237 g/mol. The number of hydrogen-bond donors (Lipinski definition) is 1. The van der Waals surface area contributed by atoms with Crippen LogP contribution < -0.4 is 5.73 Å². The fourth-order valence-electron chi connectivity index (χ4n) is 2.55. The fraction of sp³-hybridized carbons (Fsp3) is 0.571. The number of ether oxygens (including phenoxy) is 1. The Labute approximate surface area is 102 Å². The van der Waals surface area contributed by atoms with Gasteiger partial charge < -0.3 is 10.5 Å². The molecule has 3 heteroatoms. The maximum atomic E-state index is 13.6. The summed E-state index contributed by atoms with van der Waals surface area (Å²) in [6.45, 7) is 3.57. The van der Waals surface area contributed by atoms with Crippen molar-refractivity contribution in [1.29, 1.82) is 0 Å². The van der Waals surface area contributed by atoms with E-state index in [9.17, 15) is 4.39 Å². The molecule has 1 fully saturated rings. The molecule has 0 amide bonds. The molecular formula is C14H20FNO. The van der Waals surface area contributed by atoms with Crippen LogP contribution in [-0.2, 0) is 11.2 Å². The van der Waals surface area contributed by atoms with Crippen LogP contribution in [0.25, 0.3) is 0 Å². The van der Waals surface area contributed by atoms with Gasteiger partial charge in [-0.2, -0.15) is 0 Å². The molecule has 0 aliphatic carbocycles. The highest BCUT2D eigenvalue weighted by molar-refractivity contribution is 5.20. The lowest BCUT2D eigenvalue weighted by atomic mass is 9.77. The topological polar surface area (TPSA) is 35.2 Å². The van der Waals surface area contributed by atoms with Crippen LogP contribution in [-0.4, -0.2) is 18.8 Å². The maximum Gasteiger partial charge on any atom is 0.126 e. The second-order valence-corrected chi connectivity index (χ2v) is 5.16. The van der Waals surface area contributed by atoms with E-state index in [0.29, 0.717) is 17.9 Å². The van der Waals surface area contributed by atoms with Crippen LogP contribution in [0.5, 0.6) is 0 Å². The van der Waals surface area contributed by atoms with Crippen LogP contribution in [0.15, 0.2) is 24.3 Å². The van der Waals surface area contributed by atoms with E-state index in [2.05, 4.69) is 0 Å². The van der Waals surface area contributed by atoms with Gasteiger partial charge in [-0.3, -0.25) is 0 Å². The van der Waals surface area contributed by atoms with E-state index in [1.54, 1.807) is 6.07 Å². The molecule has 1 aromatic carbocycles. The van der Waals surface area contributed by atoms with Gasteiger partial charge in [0.15, 0.2) is 0 Å². The predicted octanol–water partition coefficient (Wildman–Crippen LogP) is 2.51. The van der Waals surface area contributed by atoms with E-state index in [1.165, 1.54) is 6.07 Å². The van der Waals surface area contributed by atoms with E-state index >= 15 is 0 Å². The maximum absolute atomic E-state index is 13.6. The Hall–Kier alpha value is -0.930. The first-order valence-electron chi connectivity index (χ1n) is 6.19. The van der Waals surface area contributed by atoms with Gasteiger partial charge in [-0.05, 0) is 43.7 Å². The molecule has 0 radical (unpaired) electrons. The van der Waals surface area contributed by atoms with Crippen molar-refractivity contribution in [2.75, 3.05) is 13.2 Å². The summed E-state index contributed by atoms with van der Waals surface area (Å²) < 4.78 is 18.9. The van der Waals surface area contributed by atoms with Crippen LogP contribution in [0.1, 0.15) is 25.3 Å². The number of benzene rings is 1. The Morgan fingerprint density at radius 3 is 2.65 bits per heavy atom. The van der Waals surface area contributed by atoms with Crippen molar-refractivity contribution < 1.29 is 9.13 Å². The van der Waals surface area contributed by atoms with Crippen molar-refractivity contribution in [2.24, 2.45) is 11.7 Å². The largest absolute Gasteiger partial charge is 0.381 e. The van der Waals surface area contributed by atoms with Gasteiger partial charge in [0.25, 0.3) is 0 Å². The normalized spacial score (nSPS) is 21.1. The molecule has 94 valence electrons. The van der Waals surface area contributed by atoms with E-state index in [0.717, 1.165) is 26.1 Å². The summed E-state index contributed by atoms with van der Waals surface area (Å²) in [5, 5.41) is 0. The molecule has 0 spiro atoms. The molecular weight excluding hydrogens is 217 g/mol. The number of nitrogens with two attached hydrogens (primary N) is 1. The van der Waals surface area contributed by atoms with E-state index in [1.807, 2.05) is 19.1 Å². The third kappa shape index (κ3) is 3.05. The van der Waals surface area contributed by atoms with Gasteiger partial charge in [0.05, 0.1) is 0 Å². The van der Waals surface area contributed by atoms with Gasteiger partial charge in [0, 0.05) is 18.8 Å². The summed E-state index contributed by atoms with van der Waals surface area (Å²) in [4.78, 5) is 0. The zero-order chi connectivity index (χ0) is 12.3. The molecule has 1 heterocycles. The molecule has 1 saturated heterocycles. The lowest BCUT2D eigenvalue weighted by Crippen LogP contribution is -2.48. The molecule has 2 N–H and O–H groups in total. The van der Waals surface area contributed by atoms with Crippen LogP contribution in [0.2, 0.25) is 0 Å². The van der Waals surface area contributed by atoms with Gasteiger partial charge in [-0.1, -0.05) is 18.2 Å². The number of hydrogen-bond acceptors (Lipinski definition) is 2. The molecule has 0 saturated carbocycles. The Bertz CT molecular complexity index is 372. The zero-order valence-corrected chi connectivity index (χ0v) is 10.3. The molecule has 2 rings (SSSR count). The summed E-state index contributed by atoms with van der Waals surface area (Å²) in [6.07, 6.45) is 2.53. The lowest BCUT2D eigenvalue weighted by Gasteiger charge is -2.37. The van der Waals surface area contributed by atoms with Crippen molar-refractivity contribution in [3.8, 4) is 0 Å². The van der Waals surface area contributed by atoms with Crippen LogP contribution in [0.3, 0.4) is 0 Å². The zero-order valence-electron chi connectivity index (χ0n) is 10.3. The third-order valence-electron chi connectivity index (χ3n) is 3.68. The third-order valence-corrected chi connectivity index (χ3v) is 3.68. The first-order chi connectivity index (χ1) is 8.09. The van der Waals surface area contributed by atoms with E-state index in [-0.39, 0.29) is 11.4 Å². The molecule has 1 aliphatic rings. The van der Waals surface area contributed by atoms with Crippen molar-refractivity contribution in [2.45, 2.75) is 31.7 Å². The minimum atomic E-state index is -0.355. The Kier molecular flexibility index (Phi) is 3.79. The van der Waals surface area contributed by atoms with Crippen molar-refractivity contribution in [3.63, 3.8) is 0 Å². The average Bonchev–Trinajstić information content (AvgIpc) is 2.33. The van der Waals surface area contributed by atoms with Crippen molar-refractivity contribution >= 4 is 0 Å². The SMILES string of the molecule is CC(N)(Cc1ccccc1F)C1CCOCC1. The molecule has 2 nitrogen and oxygen atoms in total. The Morgan fingerprint density at radius 1 is 1.35 bits per heavy atom. The molecule has 1 atom stereocenters. The van der Waals surface area contributed by atoms with E-state index < -0.39 is 0 Å². The highest BCUT2D eigenvalue weighted by Crippen LogP contribution is 2.28. The average molecular weight is 237 g/mol. The van der Waals surface area contributed by atoms with Crippen LogP contribution in [0.4, 0.5) is 4.39 Å². The Morgan fingerprint density at radius 2 is 2.00 bits per heavy atom. The van der Waals surface area contributed by atoms with Gasteiger partial charge in [-0.25, -0.2) is 4.39 Å². The van der Waals surface area contributed by atoms with E-state index in [4.69, 9.17) is 10.5 Å². The van der Waals surface area contributed by atoms with Crippen LogP contribution in [0, 0.1) is 11.7 Å². The molecule has 1 unspecified atom stereocenters. The van der Waals surface area contributed by atoms with Crippen molar-refractivity contribution in [1.82, 2.24) is 0 Å². The summed E-state index contributed by atoms with van der Waals surface area (Å²) in [7, 11) is 0. The second kappa shape index (κ2) is 5.15. The highest BCUT2D eigenvalue weighted by Gasteiger charge is 2.32. The molecule has 1 aromatic rings. The first-order valence-corrected chi connectivity index (χ1v) is 6.19. The van der Waals surface area contributed by atoms with Gasteiger partial charge in [0.1, 0.15) is 5.82 Å². The first kappa shape index (κ1) is 12.5. The minimum Gasteiger partial charge on any atom is -0.381 e. The Balaban J connectivity index is 2.08. The number of rotatable bonds is 3. The van der Waals surface area contributed by atoms with Crippen molar-refractivity contribution in [3.05, 3.63) is 35.6 Å². The lowest BCUT2D eigenvalue weighted by molar-refractivity contribution is 0.0417. The summed E-state index contributed by atoms with van der Waals surface area (Å²) in [6, 6.07) is 6.88.